The summed E-state index contributed by atoms with van der Waals surface area (Å²) in [6.45, 7) is 7.48. The summed E-state index contributed by atoms with van der Waals surface area (Å²) in [4.78, 5) is 32.7. The number of likely N-dealkylation sites (tertiary alicyclic amines) is 2. The summed E-state index contributed by atoms with van der Waals surface area (Å²) in [5.41, 5.74) is 3.35. The topological polar surface area (TPSA) is 43.9 Å². The quantitative estimate of drug-likeness (QED) is 0.676. The number of fused-ring (bicyclic) bond motifs is 1. The van der Waals surface area contributed by atoms with Gasteiger partial charge in [0.2, 0.25) is 11.8 Å². The molecule has 0 N–H and O–H groups in total. The third-order valence-corrected chi connectivity index (χ3v) is 7.95. The summed E-state index contributed by atoms with van der Waals surface area (Å²) in [6.07, 6.45) is 5.83. The molecule has 2 saturated heterocycles. The van der Waals surface area contributed by atoms with Crippen LogP contribution in [0, 0.1) is 0 Å². The average molecular weight is 444 g/mol. The zero-order valence-electron chi connectivity index (χ0n) is 19.3. The number of nitrogens with zero attached hydrogens (tertiary/aromatic N) is 3. The molecular weight excluding hydrogens is 410 g/mol. The molecule has 5 heteroatoms. The lowest BCUT2D eigenvalue weighted by atomic mass is 9.71. The molecule has 3 heterocycles. The first-order valence-corrected chi connectivity index (χ1v) is 12.2. The van der Waals surface area contributed by atoms with E-state index in [0.29, 0.717) is 32.0 Å². The van der Waals surface area contributed by atoms with E-state index in [1.165, 1.54) is 17.3 Å². The summed E-state index contributed by atoms with van der Waals surface area (Å²) in [5, 5.41) is 0. The van der Waals surface area contributed by atoms with Crippen LogP contribution in [-0.4, -0.2) is 60.4 Å². The SMILES string of the molecule is C=CC(=O)N1CCC(C(=O)N2CCC(N3CCc4ccccc43)CC2)(c2ccccc2)CC1. The highest BCUT2D eigenvalue weighted by Gasteiger charge is 2.46. The highest BCUT2D eigenvalue weighted by atomic mass is 16.2. The second-order valence-corrected chi connectivity index (χ2v) is 9.57. The third-order valence-electron chi connectivity index (χ3n) is 7.95. The number of piperidine rings is 2. The van der Waals surface area contributed by atoms with Crippen molar-refractivity contribution in [3.05, 3.63) is 78.4 Å². The highest BCUT2D eigenvalue weighted by molar-refractivity contribution is 5.90. The van der Waals surface area contributed by atoms with Gasteiger partial charge in [0.05, 0.1) is 5.41 Å². The fourth-order valence-corrected chi connectivity index (χ4v) is 6.05. The first-order chi connectivity index (χ1) is 16.1. The normalized spacial score (nSPS) is 20.4. The molecule has 0 spiro atoms. The smallest absolute Gasteiger partial charge is 0.245 e. The van der Waals surface area contributed by atoms with Crippen LogP contribution in [0.5, 0.6) is 0 Å². The molecule has 172 valence electrons. The molecular formula is C28H33N3O2. The van der Waals surface area contributed by atoms with Crippen LogP contribution in [0.1, 0.15) is 36.8 Å². The lowest BCUT2D eigenvalue weighted by Gasteiger charge is -2.45. The van der Waals surface area contributed by atoms with Crippen LogP contribution in [0.15, 0.2) is 67.3 Å². The fourth-order valence-electron chi connectivity index (χ4n) is 6.05. The van der Waals surface area contributed by atoms with Crippen LogP contribution in [0.3, 0.4) is 0 Å². The second-order valence-electron chi connectivity index (χ2n) is 9.57. The van der Waals surface area contributed by atoms with Crippen LogP contribution >= 0.6 is 0 Å². The lowest BCUT2D eigenvalue weighted by molar-refractivity contribution is -0.142. The molecule has 2 aromatic carbocycles. The molecule has 0 radical (unpaired) electrons. The zero-order valence-corrected chi connectivity index (χ0v) is 19.3. The number of rotatable bonds is 4. The summed E-state index contributed by atoms with van der Waals surface area (Å²) in [6, 6.07) is 19.4. The molecule has 0 aliphatic carbocycles. The van der Waals surface area contributed by atoms with Gasteiger partial charge in [0, 0.05) is 44.5 Å². The number of carbonyl (C=O) groups is 2. The van der Waals surface area contributed by atoms with Crippen molar-refractivity contribution in [2.24, 2.45) is 0 Å². The van der Waals surface area contributed by atoms with E-state index < -0.39 is 5.41 Å². The Bertz CT molecular complexity index is 1020. The van der Waals surface area contributed by atoms with Crippen molar-refractivity contribution in [1.29, 1.82) is 0 Å². The van der Waals surface area contributed by atoms with E-state index in [0.717, 1.165) is 44.5 Å². The molecule has 5 rings (SSSR count). The first kappa shape index (κ1) is 21.7. The summed E-state index contributed by atoms with van der Waals surface area (Å²) in [5.74, 6) is 0.190. The Morgan fingerprint density at radius 2 is 1.52 bits per heavy atom. The number of para-hydroxylation sites is 1. The van der Waals surface area contributed by atoms with Crippen molar-refractivity contribution in [2.45, 2.75) is 43.6 Å². The number of anilines is 1. The minimum absolute atomic E-state index is 0.0455. The highest BCUT2D eigenvalue weighted by Crippen LogP contribution is 2.39. The number of amides is 2. The number of carbonyl (C=O) groups excluding carboxylic acids is 2. The van der Waals surface area contributed by atoms with Gasteiger partial charge < -0.3 is 14.7 Å². The predicted octanol–water partition coefficient (Wildman–Crippen LogP) is 3.79. The van der Waals surface area contributed by atoms with Gasteiger partial charge in [-0.1, -0.05) is 55.1 Å². The van der Waals surface area contributed by atoms with Gasteiger partial charge in [0.25, 0.3) is 0 Å². The molecule has 33 heavy (non-hydrogen) atoms. The molecule has 0 bridgehead atoms. The van der Waals surface area contributed by atoms with Gasteiger partial charge in [-0.15, -0.1) is 0 Å². The zero-order chi connectivity index (χ0) is 22.8. The van der Waals surface area contributed by atoms with E-state index in [1.54, 1.807) is 0 Å². The largest absolute Gasteiger partial charge is 0.368 e. The van der Waals surface area contributed by atoms with Crippen LogP contribution < -0.4 is 4.90 Å². The van der Waals surface area contributed by atoms with Crippen molar-refractivity contribution in [2.75, 3.05) is 37.6 Å². The lowest BCUT2D eigenvalue weighted by Crippen LogP contribution is -2.56. The molecule has 5 nitrogen and oxygen atoms in total. The molecule has 2 fully saturated rings. The van der Waals surface area contributed by atoms with Crippen LogP contribution in [0.2, 0.25) is 0 Å². The van der Waals surface area contributed by atoms with Gasteiger partial charge in [-0.2, -0.15) is 0 Å². The number of hydrogen-bond acceptors (Lipinski definition) is 3. The first-order valence-electron chi connectivity index (χ1n) is 12.2. The standard InChI is InChI=1S/C28H33N3O2/c1-2-26(32)29-20-15-28(16-21-29,23-9-4-3-5-10-23)27(33)30-17-13-24(14-18-30)31-19-12-22-8-6-7-11-25(22)31/h2-11,24H,1,12-21H2. The molecule has 3 aliphatic rings. The van der Waals surface area contributed by atoms with Gasteiger partial charge >= 0.3 is 0 Å². The number of hydrogen-bond donors (Lipinski definition) is 0. The minimum atomic E-state index is -0.549. The van der Waals surface area contributed by atoms with E-state index in [2.05, 4.69) is 52.8 Å². The molecule has 2 amide bonds. The van der Waals surface area contributed by atoms with Gasteiger partial charge in [0.15, 0.2) is 0 Å². The fraction of sp³-hybridized carbons (Fsp3) is 0.429. The van der Waals surface area contributed by atoms with E-state index in [1.807, 2.05) is 23.1 Å². The molecule has 0 atom stereocenters. The maximum Gasteiger partial charge on any atom is 0.245 e. The van der Waals surface area contributed by atoms with Gasteiger partial charge in [-0.05, 0) is 55.4 Å². The molecule has 2 aromatic rings. The second kappa shape index (κ2) is 9.05. The van der Waals surface area contributed by atoms with E-state index in [-0.39, 0.29) is 11.8 Å². The van der Waals surface area contributed by atoms with Crippen molar-refractivity contribution in [3.63, 3.8) is 0 Å². The minimum Gasteiger partial charge on any atom is -0.368 e. The van der Waals surface area contributed by atoms with Crippen LogP contribution in [0.4, 0.5) is 5.69 Å². The monoisotopic (exact) mass is 443 g/mol. The Hall–Kier alpha value is -3.08. The Morgan fingerprint density at radius 1 is 0.848 bits per heavy atom. The van der Waals surface area contributed by atoms with Gasteiger partial charge in [-0.3, -0.25) is 9.59 Å². The van der Waals surface area contributed by atoms with E-state index in [4.69, 9.17) is 0 Å². The summed E-state index contributed by atoms with van der Waals surface area (Å²) < 4.78 is 0. The van der Waals surface area contributed by atoms with E-state index in [9.17, 15) is 9.59 Å². The predicted molar refractivity (Wildman–Crippen MR) is 131 cm³/mol. The summed E-state index contributed by atoms with van der Waals surface area (Å²) >= 11 is 0. The van der Waals surface area contributed by atoms with Crippen molar-refractivity contribution in [1.82, 2.24) is 9.80 Å². The third kappa shape index (κ3) is 3.94. The Labute approximate surface area is 196 Å². The van der Waals surface area contributed by atoms with Crippen molar-refractivity contribution < 1.29 is 9.59 Å². The van der Waals surface area contributed by atoms with Gasteiger partial charge in [0.1, 0.15) is 0 Å². The van der Waals surface area contributed by atoms with Crippen molar-refractivity contribution >= 4 is 17.5 Å². The maximum absolute atomic E-state index is 14.0. The van der Waals surface area contributed by atoms with E-state index >= 15 is 0 Å². The Kier molecular flexibility index (Phi) is 5.96. The summed E-state index contributed by atoms with van der Waals surface area (Å²) in [7, 11) is 0. The Morgan fingerprint density at radius 3 is 2.21 bits per heavy atom. The molecule has 0 saturated carbocycles. The maximum atomic E-state index is 14.0. The Balaban J connectivity index is 1.31. The number of benzene rings is 2. The molecule has 0 unspecified atom stereocenters. The molecule has 3 aliphatic heterocycles. The van der Waals surface area contributed by atoms with Gasteiger partial charge in [-0.25, -0.2) is 0 Å². The molecule has 0 aromatic heterocycles. The van der Waals surface area contributed by atoms with Crippen LogP contribution in [-0.2, 0) is 21.4 Å². The van der Waals surface area contributed by atoms with Crippen molar-refractivity contribution in [3.8, 4) is 0 Å². The average Bonchev–Trinajstić information content (AvgIpc) is 3.33. The van der Waals surface area contributed by atoms with Crippen LogP contribution in [0.25, 0.3) is 0 Å².